The number of nitrogens with zero attached hydrogens (tertiary/aromatic N) is 2. The Labute approximate surface area is 189 Å². The molecule has 2 amide bonds. The van der Waals surface area contributed by atoms with Crippen LogP contribution in [0.5, 0.6) is 11.5 Å². The molecule has 1 N–H and O–H groups in total. The molecule has 2 aromatic rings. The molecule has 1 atom stereocenters. The number of rotatable bonds is 10. The third-order valence-corrected chi connectivity index (χ3v) is 5.60. The van der Waals surface area contributed by atoms with Crippen molar-refractivity contribution in [2.24, 2.45) is 0 Å². The van der Waals surface area contributed by atoms with Crippen LogP contribution in [0.4, 0.5) is 5.69 Å². The van der Waals surface area contributed by atoms with Crippen molar-refractivity contribution in [1.29, 1.82) is 0 Å². The third kappa shape index (κ3) is 7.16. The van der Waals surface area contributed by atoms with Gasteiger partial charge < -0.3 is 19.7 Å². The quantitative estimate of drug-likeness (QED) is 0.576. The molecule has 0 heterocycles. The Bertz CT molecular complexity index is 1020. The summed E-state index contributed by atoms with van der Waals surface area (Å²) in [6.07, 6.45) is 1.02. The maximum absolute atomic E-state index is 12.5. The average molecular weight is 464 g/mol. The van der Waals surface area contributed by atoms with Crippen LogP contribution in [-0.2, 0) is 14.8 Å². The normalized spacial score (nSPS) is 11.9. The molecular weight excluding hydrogens is 434 g/mol. The van der Waals surface area contributed by atoms with Gasteiger partial charge in [0, 0.05) is 19.7 Å². The van der Waals surface area contributed by atoms with Crippen LogP contribution in [0.2, 0.25) is 0 Å². The van der Waals surface area contributed by atoms with Crippen molar-refractivity contribution < 1.29 is 27.5 Å². The lowest BCUT2D eigenvalue weighted by atomic mass is 10.2. The molecule has 0 aliphatic rings. The monoisotopic (exact) mass is 463 g/mol. The van der Waals surface area contributed by atoms with Gasteiger partial charge in [-0.15, -0.1) is 0 Å². The molecule has 0 saturated heterocycles. The predicted molar refractivity (Wildman–Crippen MR) is 123 cm³/mol. The van der Waals surface area contributed by atoms with E-state index in [1.807, 2.05) is 0 Å². The summed E-state index contributed by atoms with van der Waals surface area (Å²) in [5.41, 5.74) is 0.709. The lowest BCUT2D eigenvalue weighted by molar-refractivity contribution is -0.120. The van der Waals surface area contributed by atoms with Crippen LogP contribution < -0.4 is 19.1 Å². The highest BCUT2D eigenvalue weighted by Crippen LogP contribution is 2.19. The Morgan fingerprint density at radius 1 is 1.00 bits per heavy atom. The smallest absolute Gasteiger partial charge is 0.253 e. The van der Waals surface area contributed by atoms with Crippen molar-refractivity contribution >= 4 is 27.5 Å². The Balaban J connectivity index is 1.99. The van der Waals surface area contributed by atoms with E-state index in [1.54, 1.807) is 52.4 Å². The Kier molecular flexibility index (Phi) is 8.48. The van der Waals surface area contributed by atoms with Gasteiger partial charge in [-0.05, 0) is 55.5 Å². The molecular formula is C22H29N3O6S. The first-order valence-electron chi connectivity index (χ1n) is 9.87. The maximum atomic E-state index is 12.5. The Hall–Kier alpha value is -3.27. The van der Waals surface area contributed by atoms with Gasteiger partial charge in [-0.1, -0.05) is 0 Å². The van der Waals surface area contributed by atoms with Crippen LogP contribution in [0.15, 0.2) is 48.5 Å². The molecule has 9 nitrogen and oxygen atoms in total. The summed E-state index contributed by atoms with van der Waals surface area (Å²) in [7, 11) is 1.10. The first kappa shape index (κ1) is 25.0. The van der Waals surface area contributed by atoms with E-state index in [9.17, 15) is 18.0 Å². The Morgan fingerprint density at radius 2 is 1.56 bits per heavy atom. The van der Waals surface area contributed by atoms with Crippen LogP contribution in [-0.4, -0.2) is 71.8 Å². The van der Waals surface area contributed by atoms with Gasteiger partial charge in [-0.2, -0.15) is 0 Å². The van der Waals surface area contributed by atoms with E-state index < -0.39 is 22.5 Å². The van der Waals surface area contributed by atoms with Crippen LogP contribution in [0.1, 0.15) is 17.3 Å². The first-order chi connectivity index (χ1) is 15.0. The molecule has 0 bridgehead atoms. The number of carbonyl (C=O) groups excluding carboxylic acids is 2. The van der Waals surface area contributed by atoms with Crippen molar-refractivity contribution in [2.75, 3.05) is 44.9 Å². The molecule has 2 rings (SSSR count). The number of carbonyl (C=O) groups is 2. The molecule has 1 unspecified atom stereocenters. The molecule has 0 aliphatic heterocycles. The highest BCUT2D eigenvalue weighted by atomic mass is 32.2. The summed E-state index contributed by atoms with van der Waals surface area (Å²) < 4.78 is 36.3. The summed E-state index contributed by atoms with van der Waals surface area (Å²) in [5.74, 6) is 0.649. The zero-order valence-electron chi connectivity index (χ0n) is 18.9. The van der Waals surface area contributed by atoms with Gasteiger partial charge in [0.1, 0.15) is 24.7 Å². The molecule has 0 aliphatic carbocycles. The van der Waals surface area contributed by atoms with Crippen LogP contribution >= 0.6 is 0 Å². The SMILES string of the molecule is COc1ccc(OCC(C)NC(=O)CN(c2ccc(C(=O)N(C)C)cc2)S(C)(=O)=O)cc1. The third-order valence-electron chi connectivity index (χ3n) is 4.46. The first-order valence-corrected chi connectivity index (χ1v) is 11.7. The van der Waals surface area contributed by atoms with Gasteiger partial charge in [0.2, 0.25) is 15.9 Å². The highest BCUT2D eigenvalue weighted by molar-refractivity contribution is 7.92. The zero-order valence-corrected chi connectivity index (χ0v) is 19.7. The van der Waals surface area contributed by atoms with Crippen molar-refractivity contribution in [2.45, 2.75) is 13.0 Å². The molecule has 174 valence electrons. The molecule has 2 aromatic carbocycles. The molecule has 0 aromatic heterocycles. The second-order valence-corrected chi connectivity index (χ2v) is 9.38. The van der Waals surface area contributed by atoms with Gasteiger partial charge >= 0.3 is 0 Å². The standard InChI is InChI=1S/C22H29N3O6S/c1-16(15-31-20-12-10-19(30-4)11-13-20)23-21(26)14-25(32(5,28)29)18-8-6-17(7-9-18)22(27)24(2)3/h6-13,16H,14-15H2,1-5H3,(H,23,26). The van der Waals surface area contributed by atoms with Crippen molar-refractivity contribution in [3.05, 3.63) is 54.1 Å². The second kappa shape index (κ2) is 10.9. The fourth-order valence-corrected chi connectivity index (χ4v) is 3.67. The number of ether oxygens (including phenoxy) is 2. The fraction of sp³-hybridized carbons (Fsp3) is 0.364. The molecule has 0 radical (unpaired) electrons. The number of amides is 2. The van der Waals surface area contributed by atoms with E-state index in [4.69, 9.17) is 9.47 Å². The minimum absolute atomic E-state index is 0.203. The minimum Gasteiger partial charge on any atom is -0.497 e. The Morgan fingerprint density at radius 3 is 2.06 bits per heavy atom. The van der Waals surface area contributed by atoms with Gasteiger partial charge in [0.25, 0.3) is 5.91 Å². The summed E-state index contributed by atoms with van der Waals surface area (Å²) in [4.78, 5) is 25.9. The van der Waals surface area contributed by atoms with Crippen molar-refractivity contribution in [3.63, 3.8) is 0 Å². The summed E-state index contributed by atoms with van der Waals surface area (Å²) in [5, 5.41) is 2.73. The number of sulfonamides is 1. The number of anilines is 1. The number of hydrogen-bond donors (Lipinski definition) is 1. The number of hydrogen-bond acceptors (Lipinski definition) is 6. The lowest BCUT2D eigenvalue weighted by Crippen LogP contribution is -2.44. The molecule has 10 heteroatoms. The second-order valence-electron chi connectivity index (χ2n) is 7.47. The van der Waals surface area contributed by atoms with E-state index in [-0.39, 0.29) is 18.6 Å². The molecule has 0 saturated carbocycles. The predicted octanol–water partition coefficient (Wildman–Crippen LogP) is 1.75. The van der Waals surface area contributed by atoms with Crippen LogP contribution in [0.3, 0.4) is 0 Å². The summed E-state index contributed by atoms with van der Waals surface area (Å²) in [6.45, 7) is 1.57. The lowest BCUT2D eigenvalue weighted by Gasteiger charge is -2.23. The van der Waals surface area contributed by atoms with Gasteiger partial charge in [-0.3, -0.25) is 13.9 Å². The van der Waals surface area contributed by atoms with Crippen LogP contribution in [0.25, 0.3) is 0 Å². The van der Waals surface area contributed by atoms with Gasteiger partial charge in [0.05, 0.1) is 25.1 Å². The zero-order chi connectivity index (χ0) is 23.9. The summed E-state index contributed by atoms with van der Waals surface area (Å²) >= 11 is 0. The van der Waals surface area contributed by atoms with E-state index in [2.05, 4.69) is 5.32 Å². The van der Waals surface area contributed by atoms with E-state index in [1.165, 1.54) is 29.2 Å². The van der Waals surface area contributed by atoms with Gasteiger partial charge in [-0.25, -0.2) is 8.42 Å². The fourth-order valence-electron chi connectivity index (χ4n) is 2.81. The van der Waals surface area contributed by atoms with E-state index in [0.717, 1.165) is 10.6 Å². The number of benzene rings is 2. The number of nitrogens with one attached hydrogen (secondary N) is 1. The molecule has 0 fully saturated rings. The molecule has 32 heavy (non-hydrogen) atoms. The van der Waals surface area contributed by atoms with Gasteiger partial charge in [0.15, 0.2) is 0 Å². The van der Waals surface area contributed by atoms with Crippen molar-refractivity contribution in [1.82, 2.24) is 10.2 Å². The highest BCUT2D eigenvalue weighted by Gasteiger charge is 2.22. The minimum atomic E-state index is -3.73. The van der Waals surface area contributed by atoms with Crippen LogP contribution in [0, 0.1) is 0 Å². The van der Waals surface area contributed by atoms with E-state index in [0.29, 0.717) is 22.7 Å². The largest absolute Gasteiger partial charge is 0.497 e. The average Bonchev–Trinajstić information content (AvgIpc) is 2.75. The maximum Gasteiger partial charge on any atom is 0.253 e. The topological polar surface area (TPSA) is 105 Å². The molecule has 0 spiro atoms. The van der Waals surface area contributed by atoms with E-state index >= 15 is 0 Å². The number of methoxy groups -OCH3 is 1. The summed E-state index contributed by atoms with van der Waals surface area (Å²) in [6, 6.07) is 12.7. The van der Waals surface area contributed by atoms with Crippen molar-refractivity contribution in [3.8, 4) is 11.5 Å².